The van der Waals surface area contributed by atoms with E-state index in [0.29, 0.717) is 16.1 Å². The summed E-state index contributed by atoms with van der Waals surface area (Å²) in [4.78, 5) is 0. The van der Waals surface area contributed by atoms with Gasteiger partial charge in [0.1, 0.15) is 0 Å². The molecule has 0 fully saturated rings. The van der Waals surface area contributed by atoms with E-state index in [1.807, 2.05) is 12.1 Å². The molecule has 0 atom stereocenters. The molecule has 0 spiro atoms. The van der Waals surface area contributed by atoms with Gasteiger partial charge in [0.25, 0.3) is 0 Å². The fourth-order valence-corrected chi connectivity index (χ4v) is 1.38. The predicted octanol–water partition coefficient (Wildman–Crippen LogP) is 3.81. The third-order valence-corrected chi connectivity index (χ3v) is 1.92. The molecule has 1 aromatic carbocycles. The molecule has 1 nitrogen and oxygen atoms in total. The Kier molecular flexibility index (Phi) is 3.24. The van der Waals surface area contributed by atoms with Crippen molar-refractivity contribution < 1.29 is 0 Å². The molecule has 0 heterocycles. The van der Waals surface area contributed by atoms with Crippen LogP contribution in [0.2, 0.25) is 10.0 Å². The van der Waals surface area contributed by atoms with Gasteiger partial charge in [0.2, 0.25) is 0 Å². The molecule has 0 amide bonds. The first-order valence-corrected chi connectivity index (χ1v) is 4.57. The van der Waals surface area contributed by atoms with Crippen LogP contribution in [0.15, 0.2) is 18.2 Å². The molecule has 66 valence electrons. The summed E-state index contributed by atoms with van der Waals surface area (Å²) in [5, 5.41) is 4.53. The van der Waals surface area contributed by atoms with Crippen molar-refractivity contribution in [2.75, 3.05) is 5.32 Å². The van der Waals surface area contributed by atoms with Crippen LogP contribution >= 0.6 is 23.2 Å². The van der Waals surface area contributed by atoms with Crippen molar-refractivity contribution in [3.8, 4) is 0 Å². The zero-order valence-corrected chi connectivity index (χ0v) is 8.58. The van der Waals surface area contributed by atoms with Crippen molar-refractivity contribution >= 4 is 28.9 Å². The quantitative estimate of drug-likeness (QED) is 0.772. The second-order valence-electron chi connectivity index (χ2n) is 2.92. The van der Waals surface area contributed by atoms with E-state index in [1.54, 1.807) is 6.07 Å². The third-order valence-electron chi connectivity index (χ3n) is 1.38. The van der Waals surface area contributed by atoms with Gasteiger partial charge in [0.15, 0.2) is 0 Å². The molecule has 0 aromatic heterocycles. The van der Waals surface area contributed by atoms with Gasteiger partial charge in [-0.2, -0.15) is 0 Å². The Bertz CT molecular complexity index is 271. The fraction of sp³-hybridized carbons (Fsp3) is 0.333. The minimum absolute atomic E-state index is 0.378. The summed E-state index contributed by atoms with van der Waals surface area (Å²) < 4.78 is 0. The van der Waals surface area contributed by atoms with Crippen molar-refractivity contribution in [1.29, 1.82) is 0 Å². The lowest BCUT2D eigenvalue weighted by Gasteiger charge is -2.11. The Labute approximate surface area is 82.7 Å². The summed E-state index contributed by atoms with van der Waals surface area (Å²) in [6.45, 7) is 4.12. The normalized spacial score (nSPS) is 10.4. The lowest BCUT2D eigenvalue weighted by molar-refractivity contribution is 0.900. The minimum Gasteiger partial charge on any atom is -0.382 e. The van der Waals surface area contributed by atoms with Crippen LogP contribution in [0.25, 0.3) is 0 Å². The lowest BCUT2D eigenvalue weighted by Crippen LogP contribution is -2.09. The van der Waals surface area contributed by atoms with Crippen LogP contribution in [-0.4, -0.2) is 6.04 Å². The van der Waals surface area contributed by atoms with E-state index in [9.17, 15) is 0 Å². The highest BCUT2D eigenvalue weighted by molar-refractivity contribution is 6.36. The molecule has 0 saturated heterocycles. The standard InChI is InChI=1S/C9H11Cl2N/c1-6(2)12-9-4-3-7(10)5-8(9)11/h3-6,12H,1-2H3. The largest absolute Gasteiger partial charge is 0.382 e. The zero-order chi connectivity index (χ0) is 9.14. The second-order valence-corrected chi connectivity index (χ2v) is 3.77. The van der Waals surface area contributed by atoms with E-state index in [2.05, 4.69) is 19.2 Å². The maximum atomic E-state index is 5.93. The maximum Gasteiger partial charge on any atom is 0.0652 e. The maximum absolute atomic E-state index is 5.93. The molecule has 0 saturated carbocycles. The molecule has 0 unspecified atom stereocenters. The number of anilines is 1. The molecule has 3 heteroatoms. The van der Waals surface area contributed by atoms with Crippen LogP contribution in [0.1, 0.15) is 13.8 Å². The first-order chi connectivity index (χ1) is 5.59. The highest BCUT2D eigenvalue weighted by atomic mass is 35.5. The average Bonchev–Trinajstić information content (AvgIpc) is 1.94. The van der Waals surface area contributed by atoms with E-state index in [-0.39, 0.29) is 0 Å². The lowest BCUT2D eigenvalue weighted by atomic mass is 10.3. The van der Waals surface area contributed by atoms with Gasteiger partial charge in [-0.05, 0) is 32.0 Å². The monoisotopic (exact) mass is 203 g/mol. The first kappa shape index (κ1) is 9.69. The van der Waals surface area contributed by atoms with E-state index in [4.69, 9.17) is 23.2 Å². The van der Waals surface area contributed by atoms with Crippen LogP contribution < -0.4 is 5.32 Å². The highest BCUT2D eigenvalue weighted by Gasteiger charge is 2.01. The number of rotatable bonds is 2. The van der Waals surface area contributed by atoms with Crippen LogP contribution in [0.5, 0.6) is 0 Å². The number of halogens is 2. The Morgan fingerprint density at radius 2 is 1.92 bits per heavy atom. The van der Waals surface area contributed by atoms with E-state index in [1.165, 1.54) is 0 Å². The zero-order valence-electron chi connectivity index (χ0n) is 7.07. The predicted molar refractivity (Wildman–Crippen MR) is 55.2 cm³/mol. The molecule has 0 bridgehead atoms. The van der Waals surface area contributed by atoms with Crippen LogP contribution in [-0.2, 0) is 0 Å². The van der Waals surface area contributed by atoms with Crippen LogP contribution in [0, 0.1) is 0 Å². The Hall–Kier alpha value is -0.400. The summed E-state index contributed by atoms with van der Waals surface area (Å²) >= 11 is 11.7. The SMILES string of the molecule is CC(C)Nc1ccc(Cl)cc1Cl. The molecule has 0 radical (unpaired) electrons. The van der Waals surface area contributed by atoms with Gasteiger partial charge < -0.3 is 5.32 Å². The molecule has 1 N–H and O–H groups in total. The smallest absolute Gasteiger partial charge is 0.0652 e. The fourth-order valence-electron chi connectivity index (χ4n) is 0.918. The van der Waals surface area contributed by atoms with Crippen molar-refractivity contribution in [2.45, 2.75) is 19.9 Å². The van der Waals surface area contributed by atoms with Gasteiger partial charge in [0.05, 0.1) is 10.7 Å². The van der Waals surface area contributed by atoms with Crippen molar-refractivity contribution in [3.05, 3.63) is 28.2 Å². The van der Waals surface area contributed by atoms with Crippen LogP contribution in [0.3, 0.4) is 0 Å². The van der Waals surface area contributed by atoms with E-state index < -0.39 is 0 Å². The number of benzene rings is 1. The summed E-state index contributed by atoms with van der Waals surface area (Å²) in [7, 11) is 0. The summed E-state index contributed by atoms with van der Waals surface area (Å²) in [6.07, 6.45) is 0. The Morgan fingerprint density at radius 3 is 2.42 bits per heavy atom. The van der Waals surface area contributed by atoms with E-state index in [0.717, 1.165) is 5.69 Å². The molecule has 0 aliphatic rings. The topological polar surface area (TPSA) is 12.0 Å². The van der Waals surface area contributed by atoms with Gasteiger partial charge in [-0.15, -0.1) is 0 Å². The van der Waals surface area contributed by atoms with Crippen LogP contribution in [0.4, 0.5) is 5.69 Å². The molecule has 0 aliphatic carbocycles. The van der Waals surface area contributed by atoms with Crippen molar-refractivity contribution in [1.82, 2.24) is 0 Å². The second kappa shape index (κ2) is 4.01. The Balaban J connectivity index is 2.86. The summed E-state index contributed by atoms with van der Waals surface area (Å²) in [5.74, 6) is 0. The molecule has 1 rings (SSSR count). The third kappa shape index (κ3) is 2.58. The van der Waals surface area contributed by atoms with Gasteiger partial charge in [-0.25, -0.2) is 0 Å². The van der Waals surface area contributed by atoms with Gasteiger partial charge in [-0.1, -0.05) is 23.2 Å². The first-order valence-electron chi connectivity index (χ1n) is 3.81. The summed E-state index contributed by atoms with van der Waals surface area (Å²) in [6, 6.07) is 5.81. The molecule has 12 heavy (non-hydrogen) atoms. The Morgan fingerprint density at radius 1 is 1.25 bits per heavy atom. The van der Waals surface area contributed by atoms with Crippen molar-refractivity contribution in [3.63, 3.8) is 0 Å². The molecule has 1 aromatic rings. The van der Waals surface area contributed by atoms with Gasteiger partial charge >= 0.3 is 0 Å². The van der Waals surface area contributed by atoms with Gasteiger partial charge in [0, 0.05) is 11.1 Å². The molecular formula is C9H11Cl2N. The number of nitrogens with one attached hydrogen (secondary N) is 1. The average molecular weight is 204 g/mol. The molecular weight excluding hydrogens is 193 g/mol. The highest BCUT2D eigenvalue weighted by Crippen LogP contribution is 2.25. The number of hydrogen-bond acceptors (Lipinski definition) is 1. The summed E-state index contributed by atoms with van der Waals surface area (Å²) in [5.41, 5.74) is 0.927. The minimum atomic E-state index is 0.378. The number of hydrogen-bond donors (Lipinski definition) is 1. The molecule has 0 aliphatic heterocycles. The van der Waals surface area contributed by atoms with E-state index >= 15 is 0 Å². The van der Waals surface area contributed by atoms with Gasteiger partial charge in [-0.3, -0.25) is 0 Å². The van der Waals surface area contributed by atoms with Crippen molar-refractivity contribution in [2.24, 2.45) is 0 Å².